The number of amides is 1. The maximum absolute atomic E-state index is 10.9. The first-order valence-corrected chi connectivity index (χ1v) is 4.53. The first-order chi connectivity index (χ1) is 7.13. The second-order valence-electron chi connectivity index (χ2n) is 2.88. The molecule has 0 aromatic carbocycles. The van der Waals surface area contributed by atoms with Crippen LogP contribution in [0.15, 0.2) is 6.20 Å². The van der Waals surface area contributed by atoms with Gasteiger partial charge in [0, 0.05) is 13.0 Å². The van der Waals surface area contributed by atoms with Crippen LogP contribution in [-0.2, 0) is 11.3 Å². The zero-order valence-corrected chi connectivity index (χ0v) is 8.30. The summed E-state index contributed by atoms with van der Waals surface area (Å²) < 4.78 is 1.37. The van der Waals surface area contributed by atoms with Crippen LogP contribution in [0.3, 0.4) is 0 Å². The molecule has 1 amide bonds. The van der Waals surface area contributed by atoms with Crippen molar-refractivity contribution in [1.29, 1.82) is 0 Å². The van der Waals surface area contributed by atoms with Gasteiger partial charge < -0.3 is 10.4 Å². The molecule has 2 N–H and O–H groups in total. The summed E-state index contributed by atoms with van der Waals surface area (Å²) in [6, 6.07) is 0. The predicted octanol–water partition coefficient (Wildman–Crippen LogP) is -0.498. The smallest absolute Gasteiger partial charge is 0.358 e. The van der Waals surface area contributed by atoms with Crippen LogP contribution in [0.2, 0.25) is 0 Å². The quantitative estimate of drug-likeness (QED) is 0.686. The number of aromatic carboxylic acids is 1. The molecule has 7 heteroatoms. The fraction of sp³-hybridized carbons (Fsp3) is 0.500. The molecule has 0 saturated carbocycles. The number of rotatable bonds is 5. The third-order valence-corrected chi connectivity index (χ3v) is 1.74. The van der Waals surface area contributed by atoms with Crippen LogP contribution >= 0.6 is 0 Å². The van der Waals surface area contributed by atoms with Crippen LogP contribution in [0.5, 0.6) is 0 Å². The van der Waals surface area contributed by atoms with E-state index in [2.05, 4.69) is 15.6 Å². The lowest BCUT2D eigenvalue weighted by Gasteiger charge is -2.01. The molecule has 82 valence electrons. The molecule has 0 aliphatic rings. The Bertz CT molecular complexity index is 361. The number of carbonyl (C=O) groups excluding carboxylic acids is 1. The normalized spacial score (nSPS) is 9.93. The molecule has 1 heterocycles. The minimum Gasteiger partial charge on any atom is -0.476 e. The van der Waals surface area contributed by atoms with E-state index in [0.29, 0.717) is 19.5 Å². The minimum absolute atomic E-state index is 0.0476. The average Bonchev–Trinajstić information content (AvgIpc) is 2.66. The number of nitrogens with zero attached hydrogens (tertiary/aromatic N) is 3. The summed E-state index contributed by atoms with van der Waals surface area (Å²) in [6.45, 7) is 2.58. The van der Waals surface area contributed by atoms with Gasteiger partial charge in [-0.05, 0) is 0 Å². The predicted molar refractivity (Wildman–Crippen MR) is 50.3 cm³/mol. The lowest BCUT2D eigenvalue weighted by molar-refractivity contribution is -0.120. The van der Waals surface area contributed by atoms with E-state index in [4.69, 9.17) is 5.11 Å². The Morgan fingerprint density at radius 1 is 1.60 bits per heavy atom. The highest BCUT2D eigenvalue weighted by Gasteiger charge is 2.07. The lowest BCUT2D eigenvalue weighted by atomic mass is 10.4. The number of nitrogens with one attached hydrogen (secondary N) is 1. The van der Waals surface area contributed by atoms with Gasteiger partial charge in [-0.3, -0.25) is 4.79 Å². The van der Waals surface area contributed by atoms with Gasteiger partial charge in [-0.2, -0.15) is 0 Å². The number of hydrogen-bond donors (Lipinski definition) is 2. The number of hydrogen-bond acceptors (Lipinski definition) is 4. The Balaban J connectivity index is 2.38. The number of carboxylic acids is 1. The number of carbonyl (C=O) groups is 2. The van der Waals surface area contributed by atoms with Crippen molar-refractivity contribution < 1.29 is 14.7 Å². The van der Waals surface area contributed by atoms with Gasteiger partial charge in [0.05, 0.1) is 12.7 Å². The summed E-state index contributed by atoms with van der Waals surface area (Å²) in [4.78, 5) is 21.3. The monoisotopic (exact) mass is 212 g/mol. The van der Waals surface area contributed by atoms with Crippen molar-refractivity contribution in [3.8, 4) is 0 Å². The maximum atomic E-state index is 10.9. The number of aromatic nitrogens is 3. The van der Waals surface area contributed by atoms with Gasteiger partial charge in [0.1, 0.15) is 0 Å². The molecular weight excluding hydrogens is 200 g/mol. The minimum atomic E-state index is -1.11. The SMILES string of the molecule is CCC(=O)NCCn1cc(C(=O)O)nn1. The molecule has 0 saturated heterocycles. The van der Waals surface area contributed by atoms with E-state index in [1.807, 2.05) is 0 Å². The molecule has 0 aliphatic heterocycles. The second-order valence-corrected chi connectivity index (χ2v) is 2.88. The standard InChI is InChI=1S/C8H12N4O3/c1-2-7(13)9-3-4-12-5-6(8(14)15)10-11-12/h5H,2-4H2,1H3,(H,9,13)(H,14,15). The van der Waals surface area contributed by atoms with Crippen molar-refractivity contribution in [3.05, 3.63) is 11.9 Å². The van der Waals surface area contributed by atoms with Gasteiger partial charge in [-0.25, -0.2) is 9.48 Å². The topological polar surface area (TPSA) is 97.1 Å². The molecule has 15 heavy (non-hydrogen) atoms. The molecule has 1 rings (SSSR count). The van der Waals surface area contributed by atoms with Crippen molar-refractivity contribution in [3.63, 3.8) is 0 Å². The van der Waals surface area contributed by atoms with E-state index < -0.39 is 5.97 Å². The summed E-state index contributed by atoms with van der Waals surface area (Å²) >= 11 is 0. The molecule has 0 aliphatic carbocycles. The Hall–Kier alpha value is -1.92. The van der Waals surface area contributed by atoms with Crippen LogP contribution < -0.4 is 5.32 Å². The first kappa shape index (κ1) is 11.2. The molecule has 0 spiro atoms. The van der Waals surface area contributed by atoms with E-state index >= 15 is 0 Å². The molecule has 1 aromatic heterocycles. The van der Waals surface area contributed by atoms with Gasteiger partial charge in [-0.1, -0.05) is 12.1 Å². The summed E-state index contributed by atoms with van der Waals surface area (Å²) in [5.74, 6) is -1.16. The molecule has 0 atom stereocenters. The average molecular weight is 212 g/mol. The van der Waals surface area contributed by atoms with E-state index in [1.54, 1.807) is 6.92 Å². The van der Waals surface area contributed by atoms with Gasteiger partial charge >= 0.3 is 5.97 Å². The van der Waals surface area contributed by atoms with Gasteiger partial charge in [0.2, 0.25) is 5.91 Å². The maximum Gasteiger partial charge on any atom is 0.358 e. The second kappa shape index (κ2) is 5.08. The highest BCUT2D eigenvalue weighted by molar-refractivity contribution is 5.84. The van der Waals surface area contributed by atoms with Crippen molar-refractivity contribution in [2.24, 2.45) is 0 Å². The van der Waals surface area contributed by atoms with Crippen LogP contribution in [0.1, 0.15) is 23.8 Å². The summed E-state index contributed by atoms with van der Waals surface area (Å²) in [7, 11) is 0. The highest BCUT2D eigenvalue weighted by Crippen LogP contribution is 1.91. The van der Waals surface area contributed by atoms with Gasteiger partial charge in [-0.15, -0.1) is 5.10 Å². The van der Waals surface area contributed by atoms with E-state index in [0.717, 1.165) is 0 Å². The molecule has 7 nitrogen and oxygen atoms in total. The summed E-state index contributed by atoms with van der Waals surface area (Å²) in [6.07, 6.45) is 1.75. The Morgan fingerprint density at radius 3 is 2.87 bits per heavy atom. The van der Waals surface area contributed by atoms with E-state index in [-0.39, 0.29) is 11.6 Å². The molecule has 1 aromatic rings. The number of carboxylic acid groups (broad SMARTS) is 1. The zero-order chi connectivity index (χ0) is 11.3. The van der Waals surface area contributed by atoms with Crippen LogP contribution in [-0.4, -0.2) is 38.5 Å². The first-order valence-electron chi connectivity index (χ1n) is 4.53. The van der Waals surface area contributed by atoms with Crippen molar-refractivity contribution in [2.75, 3.05) is 6.54 Å². The molecule has 0 radical (unpaired) electrons. The fourth-order valence-electron chi connectivity index (χ4n) is 0.941. The van der Waals surface area contributed by atoms with Crippen LogP contribution in [0, 0.1) is 0 Å². The van der Waals surface area contributed by atoms with Gasteiger partial charge in [0.15, 0.2) is 5.69 Å². The largest absolute Gasteiger partial charge is 0.476 e. The molecule has 0 bridgehead atoms. The summed E-state index contributed by atoms with van der Waals surface area (Å²) in [5.41, 5.74) is -0.100. The summed E-state index contributed by atoms with van der Waals surface area (Å²) in [5, 5.41) is 18.2. The van der Waals surface area contributed by atoms with Crippen LogP contribution in [0.25, 0.3) is 0 Å². The van der Waals surface area contributed by atoms with Crippen molar-refractivity contribution >= 4 is 11.9 Å². The molecule has 0 unspecified atom stereocenters. The fourth-order valence-corrected chi connectivity index (χ4v) is 0.941. The van der Waals surface area contributed by atoms with E-state index in [9.17, 15) is 9.59 Å². The third-order valence-electron chi connectivity index (χ3n) is 1.74. The Morgan fingerprint density at radius 2 is 2.33 bits per heavy atom. The zero-order valence-electron chi connectivity index (χ0n) is 8.30. The molecular formula is C8H12N4O3. The molecule has 0 fully saturated rings. The van der Waals surface area contributed by atoms with Crippen molar-refractivity contribution in [2.45, 2.75) is 19.9 Å². The Kier molecular flexibility index (Phi) is 3.78. The Labute approximate surface area is 86.1 Å². The van der Waals surface area contributed by atoms with E-state index in [1.165, 1.54) is 10.9 Å². The van der Waals surface area contributed by atoms with Crippen LogP contribution in [0.4, 0.5) is 0 Å². The van der Waals surface area contributed by atoms with Gasteiger partial charge in [0.25, 0.3) is 0 Å². The highest BCUT2D eigenvalue weighted by atomic mass is 16.4. The lowest BCUT2D eigenvalue weighted by Crippen LogP contribution is -2.26. The third kappa shape index (κ3) is 3.37. The van der Waals surface area contributed by atoms with Crippen molar-refractivity contribution in [1.82, 2.24) is 20.3 Å².